The van der Waals surface area contributed by atoms with Crippen molar-refractivity contribution in [2.24, 2.45) is 0 Å². The van der Waals surface area contributed by atoms with Gasteiger partial charge < -0.3 is 9.15 Å². The standard InChI is InChI=1S/C28H22FNO5/c1-2-3-16-34-28(33)18-10-14-20(15-11-18)30-24(17-8-12-19(29)13-9-17)23-25(31)21-6-4-5-7-22(21)35-26(23)27(30)32/h4-15,24H,2-3,16H2,1H3. The number of halogens is 1. The molecule has 0 saturated carbocycles. The Bertz CT molecular complexity index is 1470. The maximum absolute atomic E-state index is 13.7. The Balaban J connectivity index is 1.60. The number of hydrogen-bond donors (Lipinski definition) is 0. The second kappa shape index (κ2) is 9.18. The lowest BCUT2D eigenvalue weighted by Crippen LogP contribution is -2.29. The smallest absolute Gasteiger partial charge is 0.338 e. The SMILES string of the molecule is CCCCOC(=O)c1ccc(N2C(=O)c3oc4ccccc4c(=O)c3C2c2ccc(F)cc2)cc1. The van der Waals surface area contributed by atoms with Crippen LogP contribution in [-0.2, 0) is 4.74 Å². The van der Waals surface area contributed by atoms with Gasteiger partial charge in [-0.2, -0.15) is 0 Å². The zero-order chi connectivity index (χ0) is 24.5. The Morgan fingerprint density at radius 1 is 1.00 bits per heavy atom. The third-order valence-electron chi connectivity index (χ3n) is 6.08. The number of anilines is 1. The van der Waals surface area contributed by atoms with Gasteiger partial charge in [0.2, 0.25) is 5.76 Å². The van der Waals surface area contributed by atoms with E-state index in [0.29, 0.717) is 34.4 Å². The zero-order valence-corrected chi connectivity index (χ0v) is 19.0. The number of unbranched alkanes of at least 4 members (excludes halogenated alkanes) is 1. The van der Waals surface area contributed by atoms with Crippen molar-refractivity contribution in [3.05, 3.63) is 111 Å². The van der Waals surface area contributed by atoms with Crippen LogP contribution in [0.25, 0.3) is 11.0 Å². The van der Waals surface area contributed by atoms with Gasteiger partial charge in [-0.25, -0.2) is 9.18 Å². The molecule has 176 valence electrons. The number of amides is 1. The Morgan fingerprint density at radius 3 is 2.43 bits per heavy atom. The van der Waals surface area contributed by atoms with Crippen molar-refractivity contribution in [2.45, 2.75) is 25.8 Å². The molecule has 1 unspecified atom stereocenters. The first kappa shape index (κ1) is 22.5. The van der Waals surface area contributed by atoms with Crippen molar-refractivity contribution in [2.75, 3.05) is 11.5 Å². The highest BCUT2D eigenvalue weighted by molar-refractivity contribution is 6.10. The first-order valence-corrected chi connectivity index (χ1v) is 11.4. The third kappa shape index (κ3) is 3.99. The fourth-order valence-electron chi connectivity index (χ4n) is 4.30. The Labute approximate surface area is 200 Å². The van der Waals surface area contributed by atoms with E-state index in [1.165, 1.54) is 17.0 Å². The van der Waals surface area contributed by atoms with Crippen molar-refractivity contribution in [1.82, 2.24) is 0 Å². The molecule has 1 aliphatic heterocycles. The number of carbonyl (C=O) groups is 2. The van der Waals surface area contributed by atoms with Crippen LogP contribution in [0.3, 0.4) is 0 Å². The van der Waals surface area contributed by atoms with Gasteiger partial charge in [-0.3, -0.25) is 14.5 Å². The van der Waals surface area contributed by atoms with E-state index < -0.39 is 23.7 Å². The van der Waals surface area contributed by atoms with Crippen LogP contribution in [-0.4, -0.2) is 18.5 Å². The predicted octanol–water partition coefficient (Wildman–Crippen LogP) is 5.64. The van der Waals surface area contributed by atoms with Crippen molar-refractivity contribution < 1.29 is 23.1 Å². The van der Waals surface area contributed by atoms with Gasteiger partial charge in [0.05, 0.1) is 29.2 Å². The van der Waals surface area contributed by atoms with Crippen LogP contribution >= 0.6 is 0 Å². The van der Waals surface area contributed by atoms with Crippen LogP contribution in [0, 0.1) is 5.82 Å². The van der Waals surface area contributed by atoms with Crippen molar-refractivity contribution in [3.8, 4) is 0 Å². The molecule has 4 aromatic rings. The molecule has 0 fully saturated rings. The summed E-state index contributed by atoms with van der Waals surface area (Å²) in [5.74, 6) is -1.41. The molecular weight excluding hydrogens is 449 g/mol. The van der Waals surface area contributed by atoms with Gasteiger partial charge in [0, 0.05) is 5.69 Å². The molecule has 0 spiro atoms. The van der Waals surface area contributed by atoms with Crippen LogP contribution in [0.1, 0.15) is 57.8 Å². The number of para-hydroxylation sites is 1. The quantitative estimate of drug-likeness (QED) is 0.269. The molecule has 2 heterocycles. The summed E-state index contributed by atoms with van der Waals surface area (Å²) in [7, 11) is 0. The number of nitrogens with zero attached hydrogens (tertiary/aromatic N) is 1. The number of carbonyl (C=O) groups excluding carboxylic acids is 2. The minimum Gasteiger partial charge on any atom is -0.462 e. The topological polar surface area (TPSA) is 76.8 Å². The van der Waals surface area contributed by atoms with Gasteiger partial charge in [0.15, 0.2) is 5.43 Å². The van der Waals surface area contributed by atoms with Crippen LogP contribution in [0.4, 0.5) is 10.1 Å². The second-order valence-corrected chi connectivity index (χ2v) is 8.34. The monoisotopic (exact) mass is 471 g/mol. The number of hydrogen-bond acceptors (Lipinski definition) is 5. The maximum atomic E-state index is 13.7. The molecular formula is C28H22FNO5. The van der Waals surface area contributed by atoms with Gasteiger partial charge >= 0.3 is 5.97 Å². The lowest BCUT2D eigenvalue weighted by atomic mass is 9.98. The van der Waals surface area contributed by atoms with E-state index in [1.807, 2.05) is 6.92 Å². The van der Waals surface area contributed by atoms with Crippen LogP contribution < -0.4 is 10.3 Å². The molecule has 1 aromatic heterocycles. The average molecular weight is 471 g/mol. The largest absolute Gasteiger partial charge is 0.462 e. The van der Waals surface area contributed by atoms with E-state index in [1.54, 1.807) is 60.7 Å². The molecule has 5 rings (SSSR count). The van der Waals surface area contributed by atoms with E-state index in [9.17, 15) is 18.8 Å². The molecule has 0 bridgehead atoms. The molecule has 6 nitrogen and oxygen atoms in total. The van der Waals surface area contributed by atoms with E-state index in [4.69, 9.17) is 9.15 Å². The maximum Gasteiger partial charge on any atom is 0.338 e. The molecule has 0 N–H and O–H groups in total. The number of rotatable bonds is 6. The molecule has 3 aromatic carbocycles. The summed E-state index contributed by atoms with van der Waals surface area (Å²) < 4.78 is 24.8. The molecule has 1 atom stereocenters. The summed E-state index contributed by atoms with van der Waals surface area (Å²) in [5.41, 5.74) is 1.57. The second-order valence-electron chi connectivity index (χ2n) is 8.34. The van der Waals surface area contributed by atoms with Crippen LogP contribution in [0.2, 0.25) is 0 Å². The first-order valence-electron chi connectivity index (χ1n) is 11.4. The summed E-state index contributed by atoms with van der Waals surface area (Å²) in [5, 5.41) is 0.359. The van der Waals surface area contributed by atoms with E-state index >= 15 is 0 Å². The molecule has 1 amide bonds. The fraction of sp³-hybridized carbons (Fsp3) is 0.179. The molecule has 0 radical (unpaired) electrons. The Hall–Kier alpha value is -4.26. The van der Waals surface area contributed by atoms with Crippen molar-refractivity contribution in [3.63, 3.8) is 0 Å². The van der Waals surface area contributed by atoms with E-state index in [2.05, 4.69) is 0 Å². The summed E-state index contributed by atoms with van der Waals surface area (Å²) in [6.45, 7) is 2.35. The summed E-state index contributed by atoms with van der Waals surface area (Å²) >= 11 is 0. The molecule has 1 aliphatic rings. The van der Waals surface area contributed by atoms with Crippen molar-refractivity contribution >= 4 is 28.5 Å². The highest BCUT2D eigenvalue weighted by Crippen LogP contribution is 2.41. The highest BCUT2D eigenvalue weighted by atomic mass is 19.1. The normalized spacial score (nSPS) is 14.9. The summed E-state index contributed by atoms with van der Waals surface area (Å²) in [6, 6.07) is 18.0. The number of fused-ring (bicyclic) bond motifs is 2. The summed E-state index contributed by atoms with van der Waals surface area (Å²) in [6.07, 6.45) is 1.69. The average Bonchev–Trinajstić information content (AvgIpc) is 3.17. The predicted molar refractivity (Wildman–Crippen MR) is 129 cm³/mol. The number of benzene rings is 3. The van der Waals surface area contributed by atoms with E-state index in [-0.39, 0.29) is 16.8 Å². The van der Waals surface area contributed by atoms with Crippen LogP contribution in [0.15, 0.2) is 82.0 Å². The lowest BCUT2D eigenvalue weighted by Gasteiger charge is -2.25. The van der Waals surface area contributed by atoms with Gasteiger partial charge in [-0.1, -0.05) is 37.6 Å². The van der Waals surface area contributed by atoms with Gasteiger partial charge in [0.25, 0.3) is 5.91 Å². The zero-order valence-electron chi connectivity index (χ0n) is 19.0. The van der Waals surface area contributed by atoms with Gasteiger partial charge in [-0.05, 0) is 60.5 Å². The number of ether oxygens (including phenoxy) is 1. The lowest BCUT2D eigenvalue weighted by molar-refractivity contribution is 0.0499. The highest BCUT2D eigenvalue weighted by Gasteiger charge is 2.43. The minimum atomic E-state index is -0.818. The van der Waals surface area contributed by atoms with Crippen LogP contribution in [0.5, 0.6) is 0 Å². The Kier molecular flexibility index (Phi) is 5.91. The molecule has 35 heavy (non-hydrogen) atoms. The molecule has 7 heteroatoms. The molecule has 0 saturated heterocycles. The van der Waals surface area contributed by atoms with Gasteiger partial charge in [-0.15, -0.1) is 0 Å². The molecule has 0 aliphatic carbocycles. The van der Waals surface area contributed by atoms with Gasteiger partial charge in [0.1, 0.15) is 11.4 Å². The fourth-order valence-corrected chi connectivity index (χ4v) is 4.30. The first-order chi connectivity index (χ1) is 17.0. The van der Waals surface area contributed by atoms with Crippen molar-refractivity contribution in [1.29, 1.82) is 0 Å². The third-order valence-corrected chi connectivity index (χ3v) is 6.08. The summed E-state index contributed by atoms with van der Waals surface area (Å²) in [4.78, 5) is 40.8. The number of esters is 1. The Morgan fingerprint density at radius 2 is 1.71 bits per heavy atom. The van der Waals surface area contributed by atoms with E-state index in [0.717, 1.165) is 12.8 Å². The minimum absolute atomic E-state index is 0.0499.